The first-order valence-corrected chi connectivity index (χ1v) is 6.13. The van der Waals surface area contributed by atoms with Crippen LogP contribution in [-0.4, -0.2) is 16.1 Å². The number of aliphatic hydroxyl groups excluding tert-OH is 2. The van der Waals surface area contributed by atoms with E-state index in [1.165, 1.54) is 0 Å². The molecule has 2 rings (SSSR count). The van der Waals surface area contributed by atoms with Crippen molar-refractivity contribution in [1.82, 2.24) is 0 Å². The number of amides is 1. The van der Waals surface area contributed by atoms with E-state index < -0.39 is 5.91 Å². The Labute approximate surface area is 116 Å². The van der Waals surface area contributed by atoms with Gasteiger partial charge in [0.05, 0.1) is 19.3 Å². The first-order chi connectivity index (χ1) is 9.71. The maximum absolute atomic E-state index is 11.5. The fraction of sp³-hybridized carbons (Fsp3) is 0.200. The van der Waals surface area contributed by atoms with E-state index in [2.05, 4.69) is 5.32 Å². The molecule has 5 heteroatoms. The van der Waals surface area contributed by atoms with Gasteiger partial charge in [-0.15, -0.1) is 0 Å². The van der Waals surface area contributed by atoms with E-state index in [4.69, 9.17) is 5.26 Å². The van der Waals surface area contributed by atoms with Crippen LogP contribution in [0.15, 0.2) is 30.3 Å². The Balaban J connectivity index is 2.57. The van der Waals surface area contributed by atoms with E-state index in [0.717, 1.165) is 10.8 Å². The molecular weight excluding hydrogens is 256 g/mol. The minimum absolute atomic E-state index is 0.153. The van der Waals surface area contributed by atoms with Gasteiger partial charge in [-0.1, -0.05) is 24.3 Å². The lowest BCUT2D eigenvalue weighted by Crippen LogP contribution is -2.12. The smallest absolute Gasteiger partial charge is 0.238 e. The highest BCUT2D eigenvalue weighted by Crippen LogP contribution is 2.29. The van der Waals surface area contributed by atoms with Crippen LogP contribution in [-0.2, 0) is 18.0 Å². The second-order valence-corrected chi connectivity index (χ2v) is 4.31. The van der Waals surface area contributed by atoms with Crippen molar-refractivity contribution >= 4 is 22.4 Å². The van der Waals surface area contributed by atoms with Gasteiger partial charge in [-0.25, -0.2) is 0 Å². The van der Waals surface area contributed by atoms with Crippen molar-refractivity contribution in [2.45, 2.75) is 19.6 Å². The molecule has 0 atom stereocenters. The number of hydrogen-bond acceptors (Lipinski definition) is 4. The van der Waals surface area contributed by atoms with Crippen molar-refractivity contribution in [3.63, 3.8) is 0 Å². The van der Waals surface area contributed by atoms with Crippen molar-refractivity contribution in [3.05, 3.63) is 41.5 Å². The molecule has 0 aliphatic heterocycles. The molecule has 102 valence electrons. The number of nitriles is 1. The van der Waals surface area contributed by atoms with E-state index in [9.17, 15) is 15.0 Å². The van der Waals surface area contributed by atoms with Gasteiger partial charge in [0.25, 0.3) is 0 Å². The van der Waals surface area contributed by atoms with Gasteiger partial charge < -0.3 is 15.5 Å². The van der Waals surface area contributed by atoms with E-state index >= 15 is 0 Å². The summed E-state index contributed by atoms with van der Waals surface area (Å²) in [4.78, 5) is 11.5. The molecular formula is C15H14N2O3. The average molecular weight is 270 g/mol. The molecule has 0 aromatic heterocycles. The summed E-state index contributed by atoms with van der Waals surface area (Å²) in [5, 5.41) is 31.7. The first-order valence-electron chi connectivity index (χ1n) is 6.13. The zero-order valence-electron chi connectivity index (χ0n) is 10.8. The largest absolute Gasteiger partial charge is 0.392 e. The van der Waals surface area contributed by atoms with E-state index in [0.29, 0.717) is 16.8 Å². The maximum Gasteiger partial charge on any atom is 0.238 e. The number of nitrogens with zero attached hydrogens (tertiary/aromatic N) is 1. The van der Waals surface area contributed by atoms with E-state index in [-0.39, 0.29) is 19.6 Å². The van der Waals surface area contributed by atoms with Gasteiger partial charge >= 0.3 is 0 Å². The SMILES string of the molecule is N#CCC(=O)Nc1ccc2cccc(CO)c2c1CO. The summed E-state index contributed by atoms with van der Waals surface area (Å²) in [5.74, 6) is -0.428. The molecule has 0 radical (unpaired) electrons. The molecule has 0 aliphatic carbocycles. The van der Waals surface area contributed by atoms with Crippen molar-refractivity contribution in [2.24, 2.45) is 0 Å². The number of hydrogen-bond donors (Lipinski definition) is 3. The molecule has 2 aromatic rings. The molecule has 0 fully saturated rings. The van der Waals surface area contributed by atoms with Crippen molar-refractivity contribution in [2.75, 3.05) is 5.32 Å². The Morgan fingerprint density at radius 1 is 1.20 bits per heavy atom. The van der Waals surface area contributed by atoms with Crippen LogP contribution in [0.5, 0.6) is 0 Å². The topological polar surface area (TPSA) is 93.4 Å². The molecule has 3 N–H and O–H groups in total. The molecule has 0 heterocycles. The highest BCUT2D eigenvalue weighted by molar-refractivity contribution is 5.98. The van der Waals surface area contributed by atoms with Gasteiger partial charge in [-0.05, 0) is 22.4 Å². The molecule has 5 nitrogen and oxygen atoms in total. The van der Waals surface area contributed by atoms with Gasteiger partial charge in [-0.3, -0.25) is 4.79 Å². The van der Waals surface area contributed by atoms with Crippen molar-refractivity contribution in [1.29, 1.82) is 5.26 Å². The van der Waals surface area contributed by atoms with Crippen LogP contribution in [0.4, 0.5) is 5.69 Å². The Bertz CT molecular complexity index is 689. The summed E-state index contributed by atoms with van der Waals surface area (Å²) in [6.45, 7) is -0.420. The summed E-state index contributed by atoms with van der Waals surface area (Å²) < 4.78 is 0. The fourth-order valence-electron chi connectivity index (χ4n) is 2.21. The maximum atomic E-state index is 11.5. The molecule has 0 unspecified atom stereocenters. The van der Waals surface area contributed by atoms with Crippen LogP contribution in [0.3, 0.4) is 0 Å². The zero-order valence-corrected chi connectivity index (χ0v) is 10.8. The number of nitrogens with one attached hydrogen (secondary N) is 1. The summed E-state index contributed by atoms with van der Waals surface area (Å²) in [6, 6.07) is 10.7. The van der Waals surface area contributed by atoms with Gasteiger partial charge in [-0.2, -0.15) is 5.26 Å². The number of aliphatic hydroxyl groups is 2. The highest BCUT2D eigenvalue weighted by atomic mass is 16.3. The predicted octanol–water partition coefficient (Wildman–Crippen LogP) is 1.68. The number of carbonyl (C=O) groups excluding carboxylic acids is 1. The molecule has 0 spiro atoms. The zero-order chi connectivity index (χ0) is 14.5. The van der Waals surface area contributed by atoms with Crippen LogP contribution in [0.25, 0.3) is 10.8 Å². The van der Waals surface area contributed by atoms with E-state index in [1.54, 1.807) is 24.3 Å². The number of fused-ring (bicyclic) bond motifs is 1. The summed E-state index contributed by atoms with van der Waals surface area (Å²) in [7, 11) is 0. The minimum Gasteiger partial charge on any atom is -0.392 e. The third kappa shape index (κ3) is 2.62. The molecule has 0 saturated heterocycles. The monoisotopic (exact) mass is 270 g/mol. The Kier molecular flexibility index (Phi) is 4.31. The third-order valence-electron chi connectivity index (χ3n) is 3.08. The number of anilines is 1. The summed E-state index contributed by atoms with van der Waals surface area (Å²) in [6.07, 6.45) is -0.245. The Hall–Kier alpha value is -2.42. The number of rotatable bonds is 4. The van der Waals surface area contributed by atoms with E-state index in [1.807, 2.05) is 12.1 Å². The molecule has 0 bridgehead atoms. The Morgan fingerprint density at radius 2 is 2.00 bits per heavy atom. The molecule has 20 heavy (non-hydrogen) atoms. The minimum atomic E-state index is -0.428. The van der Waals surface area contributed by atoms with Crippen LogP contribution in [0.2, 0.25) is 0 Å². The normalized spacial score (nSPS) is 10.2. The molecule has 1 amide bonds. The lowest BCUT2D eigenvalue weighted by atomic mass is 9.98. The number of benzene rings is 2. The molecule has 0 saturated carbocycles. The highest BCUT2D eigenvalue weighted by Gasteiger charge is 2.12. The quantitative estimate of drug-likeness (QED) is 0.788. The average Bonchev–Trinajstić information content (AvgIpc) is 2.46. The van der Waals surface area contributed by atoms with Crippen LogP contribution in [0, 0.1) is 11.3 Å². The van der Waals surface area contributed by atoms with Crippen LogP contribution in [0.1, 0.15) is 17.5 Å². The van der Waals surface area contributed by atoms with Gasteiger partial charge in [0.2, 0.25) is 5.91 Å². The second kappa shape index (κ2) is 6.15. The van der Waals surface area contributed by atoms with Crippen LogP contribution >= 0.6 is 0 Å². The van der Waals surface area contributed by atoms with Crippen LogP contribution < -0.4 is 5.32 Å². The standard InChI is InChI=1S/C15H14N2O3/c16-7-6-14(20)17-13-5-4-10-2-1-3-11(8-18)15(10)12(13)9-19/h1-5,18-19H,6,8-9H2,(H,17,20). The van der Waals surface area contributed by atoms with Gasteiger partial charge in [0.15, 0.2) is 0 Å². The van der Waals surface area contributed by atoms with Crippen molar-refractivity contribution in [3.8, 4) is 6.07 Å². The Morgan fingerprint density at radius 3 is 2.65 bits per heavy atom. The second-order valence-electron chi connectivity index (χ2n) is 4.31. The third-order valence-corrected chi connectivity index (χ3v) is 3.08. The predicted molar refractivity (Wildman–Crippen MR) is 74.7 cm³/mol. The first kappa shape index (κ1) is 14.0. The lowest BCUT2D eigenvalue weighted by molar-refractivity contribution is -0.115. The molecule has 0 aliphatic rings. The number of carbonyl (C=O) groups is 1. The fourth-order valence-corrected chi connectivity index (χ4v) is 2.21. The molecule has 2 aromatic carbocycles. The summed E-state index contributed by atoms with van der Waals surface area (Å²) >= 11 is 0. The van der Waals surface area contributed by atoms with Gasteiger partial charge in [0, 0.05) is 11.3 Å². The lowest BCUT2D eigenvalue weighted by Gasteiger charge is -2.14. The summed E-state index contributed by atoms with van der Waals surface area (Å²) in [5.41, 5.74) is 1.68. The van der Waals surface area contributed by atoms with Gasteiger partial charge in [0.1, 0.15) is 6.42 Å². The van der Waals surface area contributed by atoms with Crippen molar-refractivity contribution < 1.29 is 15.0 Å².